The molecule has 0 N–H and O–H groups in total. The molecule has 1 aliphatic heterocycles. The zero-order valence-corrected chi connectivity index (χ0v) is 12.6. The van der Waals surface area contributed by atoms with Crippen molar-refractivity contribution in [3.05, 3.63) is 35.6 Å². The summed E-state index contributed by atoms with van der Waals surface area (Å²) in [4.78, 5) is 2.25. The molecule has 4 nitrogen and oxygen atoms in total. The van der Waals surface area contributed by atoms with Gasteiger partial charge in [0.25, 0.3) is 0 Å². The first-order valence-electron chi connectivity index (χ1n) is 6.96. The number of rotatable bonds is 5. The van der Waals surface area contributed by atoms with Crippen LogP contribution in [0, 0.1) is 5.82 Å². The second kappa shape index (κ2) is 6.65. The summed E-state index contributed by atoms with van der Waals surface area (Å²) >= 11 is 0. The predicted molar refractivity (Wildman–Crippen MR) is 77.6 cm³/mol. The zero-order chi connectivity index (χ0) is 14.6. The molecule has 0 bridgehead atoms. The highest BCUT2D eigenvalue weighted by atomic mass is 32.2. The van der Waals surface area contributed by atoms with E-state index in [2.05, 4.69) is 4.90 Å². The molecule has 0 radical (unpaired) electrons. The third-order valence-corrected chi connectivity index (χ3v) is 5.60. The van der Waals surface area contributed by atoms with Gasteiger partial charge in [-0.25, -0.2) is 12.8 Å². The molecule has 1 aliphatic rings. The zero-order valence-electron chi connectivity index (χ0n) is 11.8. The van der Waals surface area contributed by atoms with Crippen LogP contribution in [0.4, 0.5) is 4.39 Å². The number of piperazine rings is 1. The third kappa shape index (κ3) is 4.01. The molecule has 0 unspecified atom stereocenters. The van der Waals surface area contributed by atoms with Crippen molar-refractivity contribution in [1.82, 2.24) is 9.21 Å². The average Bonchev–Trinajstić information content (AvgIpc) is 2.47. The number of halogens is 1. The summed E-state index contributed by atoms with van der Waals surface area (Å²) in [7, 11) is -3.05. The Labute approximate surface area is 120 Å². The average molecular weight is 300 g/mol. The van der Waals surface area contributed by atoms with Crippen molar-refractivity contribution >= 4 is 10.0 Å². The molecule has 112 valence electrons. The molecular formula is C14H21FN2O2S. The number of hydrogen-bond donors (Lipinski definition) is 0. The third-order valence-electron chi connectivity index (χ3n) is 3.72. The van der Waals surface area contributed by atoms with Gasteiger partial charge in [-0.2, -0.15) is 4.31 Å². The van der Waals surface area contributed by atoms with Crippen LogP contribution in [0.15, 0.2) is 24.3 Å². The van der Waals surface area contributed by atoms with Gasteiger partial charge in [0.05, 0.1) is 5.75 Å². The first kappa shape index (κ1) is 15.4. The molecule has 1 aromatic carbocycles. The number of sulfonamides is 1. The van der Waals surface area contributed by atoms with E-state index in [0.29, 0.717) is 13.1 Å². The van der Waals surface area contributed by atoms with Gasteiger partial charge in [0.1, 0.15) is 5.82 Å². The van der Waals surface area contributed by atoms with Gasteiger partial charge in [-0.3, -0.25) is 0 Å². The van der Waals surface area contributed by atoms with E-state index in [4.69, 9.17) is 0 Å². The maximum absolute atomic E-state index is 12.8. The molecule has 0 saturated carbocycles. The minimum atomic E-state index is -3.05. The fraction of sp³-hybridized carbons (Fsp3) is 0.571. The first-order valence-corrected chi connectivity index (χ1v) is 8.57. The molecule has 6 heteroatoms. The van der Waals surface area contributed by atoms with Gasteiger partial charge in [0.15, 0.2) is 0 Å². The minimum Gasteiger partial charge on any atom is -0.300 e. The number of hydrogen-bond acceptors (Lipinski definition) is 3. The summed E-state index contributed by atoms with van der Waals surface area (Å²) in [5.74, 6) is -0.0464. The number of nitrogens with zero attached hydrogens (tertiary/aromatic N) is 2. The van der Waals surface area contributed by atoms with Gasteiger partial charge < -0.3 is 4.90 Å². The van der Waals surface area contributed by atoms with Crippen molar-refractivity contribution in [3.63, 3.8) is 0 Å². The van der Waals surface area contributed by atoms with Gasteiger partial charge in [0.2, 0.25) is 10.0 Å². The molecular weight excluding hydrogens is 279 g/mol. The van der Waals surface area contributed by atoms with E-state index < -0.39 is 10.0 Å². The lowest BCUT2D eigenvalue weighted by atomic mass is 10.1. The Kier molecular flexibility index (Phi) is 5.12. The molecule has 0 amide bonds. The Morgan fingerprint density at radius 3 is 2.25 bits per heavy atom. The van der Waals surface area contributed by atoms with E-state index in [0.717, 1.165) is 31.6 Å². The van der Waals surface area contributed by atoms with Crippen LogP contribution < -0.4 is 0 Å². The number of benzene rings is 1. The Morgan fingerprint density at radius 1 is 1.10 bits per heavy atom. The molecule has 0 aliphatic carbocycles. The van der Waals surface area contributed by atoms with Crippen LogP contribution in [0.3, 0.4) is 0 Å². The minimum absolute atomic E-state index is 0.169. The molecule has 1 fully saturated rings. The van der Waals surface area contributed by atoms with Crippen LogP contribution in [-0.4, -0.2) is 56.1 Å². The molecule has 1 heterocycles. The summed E-state index contributed by atoms with van der Waals surface area (Å²) in [6, 6.07) is 6.54. The van der Waals surface area contributed by atoms with E-state index in [-0.39, 0.29) is 11.6 Å². The summed E-state index contributed by atoms with van der Waals surface area (Å²) in [5.41, 5.74) is 1.11. The molecule has 2 rings (SSSR count). The SMILES string of the molecule is CCS(=O)(=O)N1CCN(CCc2ccc(F)cc2)CC1. The quantitative estimate of drug-likeness (QED) is 0.824. The van der Waals surface area contributed by atoms with Gasteiger partial charge in [-0.1, -0.05) is 12.1 Å². The predicted octanol–water partition coefficient (Wildman–Crippen LogP) is 1.34. The Bertz CT molecular complexity index is 523. The monoisotopic (exact) mass is 300 g/mol. The van der Waals surface area contributed by atoms with E-state index in [9.17, 15) is 12.8 Å². The van der Waals surface area contributed by atoms with Crippen molar-refractivity contribution in [1.29, 1.82) is 0 Å². The highest BCUT2D eigenvalue weighted by molar-refractivity contribution is 7.89. The molecule has 1 saturated heterocycles. The van der Waals surface area contributed by atoms with Gasteiger partial charge in [-0.15, -0.1) is 0 Å². The Hall–Kier alpha value is -0.980. The smallest absolute Gasteiger partial charge is 0.213 e. The van der Waals surface area contributed by atoms with Crippen molar-refractivity contribution in [3.8, 4) is 0 Å². The standard InChI is InChI=1S/C14H21FN2O2S/c1-2-20(18,19)17-11-9-16(10-12-17)8-7-13-3-5-14(15)6-4-13/h3-6H,2,7-12H2,1H3. The normalized spacial score (nSPS) is 18.3. The summed E-state index contributed by atoms with van der Waals surface area (Å²) in [6.45, 7) is 5.22. The highest BCUT2D eigenvalue weighted by Crippen LogP contribution is 2.10. The fourth-order valence-corrected chi connectivity index (χ4v) is 3.44. The molecule has 1 aromatic rings. The van der Waals surface area contributed by atoms with E-state index in [1.54, 1.807) is 23.4 Å². The van der Waals surface area contributed by atoms with Gasteiger partial charge >= 0.3 is 0 Å². The lowest BCUT2D eigenvalue weighted by Crippen LogP contribution is -2.49. The molecule has 0 aromatic heterocycles. The second-order valence-electron chi connectivity index (χ2n) is 5.02. The van der Waals surface area contributed by atoms with Crippen molar-refractivity contribution in [2.75, 3.05) is 38.5 Å². The second-order valence-corrected chi connectivity index (χ2v) is 7.28. The van der Waals surface area contributed by atoms with Crippen molar-refractivity contribution in [2.24, 2.45) is 0 Å². The lowest BCUT2D eigenvalue weighted by molar-refractivity contribution is 0.190. The van der Waals surface area contributed by atoms with E-state index in [1.165, 1.54) is 12.1 Å². The van der Waals surface area contributed by atoms with Crippen molar-refractivity contribution < 1.29 is 12.8 Å². The van der Waals surface area contributed by atoms with Crippen LogP contribution in [0.25, 0.3) is 0 Å². The van der Waals surface area contributed by atoms with Crippen LogP contribution in [0.5, 0.6) is 0 Å². The Morgan fingerprint density at radius 2 is 1.70 bits per heavy atom. The summed E-state index contributed by atoms with van der Waals surface area (Å²) < 4.78 is 37.9. The van der Waals surface area contributed by atoms with Crippen LogP contribution >= 0.6 is 0 Å². The summed E-state index contributed by atoms with van der Waals surface area (Å²) in [6.07, 6.45) is 0.862. The van der Waals surface area contributed by atoms with Crippen LogP contribution in [0.1, 0.15) is 12.5 Å². The molecule has 0 atom stereocenters. The van der Waals surface area contributed by atoms with Crippen LogP contribution in [0.2, 0.25) is 0 Å². The largest absolute Gasteiger partial charge is 0.300 e. The maximum atomic E-state index is 12.8. The maximum Gasteiger partial charge on any atom is 0.213 e. The van der Waals surface area contributed by atoms with E-state index >= 15 is 0 Å². The van der Waals surface area contributed by atoms with Gasteiger partial charge in [-0.05, 0) is 31.0 Å². The van der Waals surface area contributed by atoms with E-state index in [1.807, 2.05) is 0 Å². The Balaban J connectivity index is 1.79. The van der Waals surface area contributed by atoms with Crippen molar-refractivity contribution in [2.45, 2.75) is 13.3 Å². The first-order chi connectivity index (χ1) is 9.51. The lowest BCUT2D eigenvalue weighted by Gasteiger charge is -2.33. The molecule has 20 heavy (non-hydrogen) atoms. The highest BCUT2D eigenvalue weighted by Gasteiger charge is 2.24. The topological polar surface area (TPSA) is 40.6 Å². The molecule has 0 spiro atoms. The fourth-order valence-electron chi connectivity index (χ4n) is 2.35. The van der Waals surface area contributed by atoms with Crippen LogP contribution in [-0.2, 0) is 16.4 Å². The van der Waals surface area contributed by atoms with Gasteiger partial charge in [0, 0.05) is 32.7 Å². The summed E-state index contributed by atoms with van der Waals surface area (Å²) in [5, 5.41) is 0.